The number of nitrogens with one attached hydrogen (secondary N) is 1. The lowest BCUT2D eigenvalue weighted by atomic mass is 9.93. The molecule has 1 saturated carbocycles. The molecule has 1 unspecified atom stereocenters. The molecule has 0 saturated heterocycles. The predicted octanol–water partition coefficient (Wildman–Crippen LogP) is 4.33. The minimum Gasteiger partial charge on any atom is -0.494 e. The minimum absolute atomic E-state index is 0.199. The van der Waals surface area contributed by atoms with Gasteiger partial charge in [-0.25, -0.2) is 4.39 Å². The summed E-state index contributed by atoms with van der Waals surface area (Å²) < 4.78 is 19.4. The van der Waals surface area contributed by atoms with Crippen molar-refractivity contribution in [1.29, 1.82) is 0 Å². The van der Waals surface area contributed by atoms with E-state index in [9.17, 15) is 4.39 Å². The minimum atomic E-state index is -0.199. The van der Waals surface area contributed by atoms with Crippen molar-refractivity contribution in [3.05, 3.63) is 29.6 Å². The summed E-state index contributed by atoms with van der Waals surface area (Å²) in [5.74, 6) is 0.963. The first-order valence-corrected chi connectivity index (χ1v) is 8.29. The number of rotatable bonds is 8. The molecule has 1 N–H and O–H groups in total. The van der Waals surface area contributed by atoms with Gasteiger partial charge in [-0.3, -0.25) is 0 Å². The first kappa shape index (κ1) is 16.3. The van der Waals surface area contributed by atoms with Gasteiger partial charge in [0.25, 0.3) is 0 Å². The maximum absolute atomic E-state index is 14.3. The van der Waals surface area contributed by atoms with Crippen LogP contribution in [0.4, 0.5) is 4.39 Å². The summed E-state index contributed by atoms with van der Waals surface area (Å²) >= 11 is 0. The van der Waals surface area contributed by atoms with Crippen molar-refractivity contribution >= 4 is 0 Å². The van der Waals surface area contributed by atoms with E-state index < -0.39 is 0 Å². The van der Waals surface area contributed by atoms with E-state index in [4.69, 9.17) is 4.74 Å². The molecule has 1 aromatic carbocycles. The maximum Gasteiger partial charge on any atom is 0.168 e. The average molecular weight is 293 g/mol. The molecule has 1 aliphatic rings. The second kappa shape index (κ2) is 8.38. The lowest BCUT2D eigenvalue weighted by molar-refractivity contribution is 0.369. The van der Waals surface area contributed by atoms with Crippen LogP contribution in [-0.4, -0.2) is 19.7 Å². The van der Waals surface area contributed by atoms with Crippen molar-refractivity contribution < 1.29 is 9.13 Å². The van der Waals surface area contributed by atoms with Gasteiger partial charge in [0.1, 0.15) is 0 Å². The van der Waals surface area contributed by atoms with Gasteiger partial charge in [-0.2, -0.15) is 0 Å². The van der Waals surface area contributed by atoms with E-state index in [1.807, 2.05) is 12.1 Å². The average Bonchev–Trinajstić information content (AvgIpc) is 3.00. The van der Waals surface area contributed by atoms with E-state index in [1.165, 1.54) is 32.8 Å². The Morgan fingerprint density at radius 1 is 1.33 bits per heavy atom. The van der Waals surface area contributed by atoms with Crippen LogP contribution in [0.1, 0.15) is 51.0 Å². The molecule has 1 aliphatic carbocycles. The monoisotopic (exact) mass is 293 g/mol. The summed E-state index contributed by atoms with van der Waals surface area (Å²) in [6, 6.07) is 5.82. The van der Waals surface area contributed by atoms with Gasteiger partial charge in [-0.05, 0) is 43.4 Å². The van der Waals surface area contributed by atoms with Crippen LogP contribution in [0.2, 0.25) is 0 Å². The van der Waals surface area contributed by atoms with Crippen molar-refractivity contribution in [3.8, 4) is 5.75 Å². The number of halogens is 1. The summed E-state index contributed by atoms with van der Waals surface area (Å²) in [4.78, 5) is 0. The topological polar surface area (TPSA) is 21.3 Å². The molecular formula is C18H28FNO. The van der Waals surface area contributed by atoms with E-state index in [-0.39, 0.29) is 5.82 Å². The van der Waals surface area contributed by atoms with Crippen LogP contribution in [-0.2, 0) is 6.42 Å². The van der Waals surface area contributed by atoms with Crippen LogP contribution >= 0.6 is 0 Å². The fourth-order valence-corrected chi connectivity index (χ4v) is 3.37. The van der Waals surface area contributed by atoms with Crippen LogP contribution in [0.3, 0.4) is 0 Å². The highest BCUT2D eigenvalue weighted by molar-refractivity contribution is 5.31. The van der Waals surface area contributed by atoms with Crippen molar-refractivity contribution in [2.75, 3.05) is 13.7 Å². The van der Waals surface area contributed by atoms with Crippen LogP contribution in [0, 0.1) is 11.7 Å². The van der Waals surface area contributed by atoms with Crippen molar-refractivity contribution in [1.82, 2.24) is 5.32 Å². The highest BCUT2D eigenvalue weighted by Crippen LogP contribution is 2.30. The molecule has 118 valence electrons. The van der Waals surface area contributed by atoms with Gasteiger partial charge < -0.3 is 10.1 Å². The van der Waals surface area contributed by atoms with Gasteiger partial charge in [-0.1, -0.05) is 44.7 Å². The Balaban J connectivity index is 2.02. The summed E-state index contributed by atoms with van der Waals surface area (Å²) in [6.45, 7) is 3.18. The maximum atomic E-state index is 14.3. The molecule has 0 aliphatic heterocycles. The molecule has 0 spiro atoms. The van der Waals surface area contributed by atoms with E-state index in [2.05, 4.69) is 12.2 Å². The Morgan fingerprint density at radius 2 is 2.10 bits per heavy atom. The molecule has 0 aromatic heterocycles. The second-order valence-corrected chi connectivity index (χ2v) is 6.17. The summed E-state index contributed by atoms with van der Waals surface area (Å²) in [5, 5.41) is 3.60. The normalized spacial score (nSPS) is 17.1. The molecular weight excluding hydrogens is 265 g/mol. The van der Waals surface area contributed by atoms with Gasteiger partial charge in [-0.15, -0.1) is 0 Å². The Kier molecular flexibility index (Phi) is 6.50. The predicted molar refractivity (Wildman–Crippen MR) is 85.3 cm³/mol. The first-order valence-electron chi connectivity index (χ1n) is 8.29. The largest absolute Gasteiger partial charge is 0.494 e. The van der Waals surface area contributed by atoms with E-state index in [1.54, 1.807) is 6.07 Å². The van der Waals surface area contributed by atoms with Crippen molar-refractivity contribution in [2.45, 2.75) is 57.9 Å². The molecule has 3 heteroatoms. The SMILES string of the molecule is CCCNC(Cc1cccc(OC)c1F)CC1CCCC1. The number of hydrogen-bond acceptors (Lipinski definition) is 2. The quantitative estimate of drug-likeness (QED) is 0.770. The number of methoxy groups -OCH3 is 1. The van der Waals surface area contributed by atoms with Gasteiger partial charge in [0.05, 0.1) is 7.11 Å². The van der Waals surface area contributed by atoms with E-state index in [0.29, 0.717) is 11.8 Å². The highest BCUT2D eigenvalue weighted by Gasteiger charge is 2.21. The standard InChI is InChI=1S/C18H28FNO/c1-3-11-20-16(12-14-7-4-5-8-14)13-15-9-6-10-17(21-2)18(15)19/h6,9-10,14,16,20H,3-5,7-8,11-13H2,1-2H3. The van der Waals surface area contributed by atoms with Crippen LogP contribution < -0.4 is 10.1 Å². The molecule has 2 nitrogen and oxygen atoms in total. The molecule has 1 atom stereocenters. The summed E-state index contributed by atoms with van der Waals surface area (Å²) in [7, 11) is 1.52. The summed E-state index contributed by atoms with van der Waals surface area (Å²) in [5.41, 5.74) is 0.765. The van der Waals surface area contributed by atoms with Gasteiger partial charge in [0.15, 0.2) is 11.6 Å². The Bertz CT molecular complexity index is 429. The lowest BCUT2D eigenvalue weighted by Crippen LogP contribution is -2.33. The molecule has 0 radical (unpaired) electrons. The third-order valence-corrected chi connectivity index (χ3v) is 4.51. The lowest BCUT2D eigenvalue weighted by Gasteiger charge is -2.22. The van der Waals surface area contributed by atoms with Crippen LogP contribution in [0.5, 0.6) is 5.75 Å². The molecule has 21 heavy (non-hydrogen) atoms. The zero-order valence-corrected chi connectivity index (χ0v) is 13.3. The zero-order valence-electron chi connectivity index (χ0n) is 13.3. The highest BCUT2D eigenvalue weighted by atomic mass is 19.1. The third kappa shape index (κ3) is 4.70. The van der Waals surface area contributed by atoms with Gasteiger partial charge in [0, 0.05) is 6.04 Å². The molecule has 1 aromatic rings. The number of hydrogen-bond donors (Lipinski definition) is 1. The van der Waals surface area contributed by atoms with Gasteiger partial charge in [0.2, 0.25) is 0 Å². The number of ether oxygens (including phenoxy) is 1. The van der Waals surface area contributed by atoms with Crippen molar-refractivity contribution in [2.24, 2.45) is 5.92 Å². The number of benzene rings is 1. The molecule has 0 bridgehead atoms. The Morgan fingerprint density at radius 3 is 2.76 bits per heavy atom. The Hall–Kier alpha value is -1.09. The zero-order chi connectivity index (χ0) is 15.1. The fraction of sp³-hybridized carbons (Fsp3) is 0.667. The van der Waals surface area contributed by atoms with E-state index >= 15 is 0 Å². The molecule has 0 amide bonds. The summed E-state index contributed by atoms with van der Waals surface area (Å²) in [6.07, 6.45) is 8.42. The fourth-order valence-electron chi connectivity index (χ4n) is 3.37. The second-order valence-electron chi connectivity index (χ2n) is 6.17. The smallest absolute Gasteiger partial charge is 0.168 e. The van der Waals surface area contributed by atoms with E-state index in [0.717, 1.165) is 37.3 Å². The van der Waals surface area contributed by atoms with Gasteiger partial charge >= 0.3 is 0 Å². The third-order valence-electron chi connectivity index (χ3n) is 4.51. The molecule has 0 heterocycles. The van der Waals surface area contributed by atoms with Crippen molar-refractivity contribution in [3.63, 3.8) is 0 Å². The molecule has 2 rings (SSSR count). The Labute approximate surface area is 128 Å². The van der Waals surface area contributed by atoms with Crippen LogP contribution in [0.25, 0.3) is 0 Å². The molecule has 1 fully saturated rings. The van der Waals surface area contributed by atoms with Crippen LogP contribution in [0.15, 0.2) is 18.2 Å². The first-order chi connectivity index (χ1) is 10.2.